The van der Waals surface area contributed by atoms with E-state index in [1.54, 1.807) is 0 Å². The largest absolute Gasteiger partial charge is 0.351 e. The summed E-state index contributed by atoms with van der Waals surface area (Å²) in [6.07, 6.45) is 0. The van der Waals surface area contributed by atoms with E-state index >= 15 is 0 Å². The third kappa shape index (κ3) is 4.35. The highest BCUT2D eigenvalue weighted by atomic mass is 32.2. The summed E-state index contributed by atoms with van der Waals surface area (Å²) in [5, 5.41) is 13.0. The molecule has 126 valence electrons. The van der Waals surface area contributed by atoms with Crippen LogP contribution in [0.5, 0.6) is 0 Å². The smallest absolute Gasteiger partial charge is 0.269 e. The lowest BCUT2D eigenvalue weighted by atomic mass is 10.2. The van der Waals surface area contributed by atoms with Gasteiger partial charge in [0.05, 0.1) is 15.6 Å². The first-order valence-electron chi connectivity index (χ1n) is 6.80. The first-order chi connectivity index (χ1) is 11.3. The number of halogens is 1. The van der Waals surface area contributed by atoms with Gasteiger partial charge >= 0.3 is 0 Å². The summed E-state index contributed by atoms with van der Waals surface area (Å²) in [5.41, 5.74) is 0.0326. The van der Waals surface area contributed by atoms with Crippen LogP contribution >= 0.6 is 0 Å². The second-order valence-corrected chi connectivity index (χ2v) is 6.94. The third-order valence-corrected chi connectivity index (χ3v) is 4.90. The number of nitrogens with one attached hydrogen (secondary N) is 1. The number of hydrogen-bond donors (Lipinski definition) is 1. The third-order valence-electron chi connectivity index (χ3n) is 3.17. The zero-order chi connectivity index (χ0) is 17.7. The molecule has 0 fully saturated rings. The molecular formula is C15H13FN2O5S. The maximum Gasteiger partial charge on any atom is 0.269 e. The van der Waals surface area contributed by atoms with Crippen LogP contribution in [0.4, 0.5) is 10.1 Å². The minimum absolute atomic E-state index is 0.0338. The van der Waals surface area contributed by atoms with Gasteiger partial charge in [0.15, 0.2) is 9.84 Å². The summed E-state index contributed by atoms with van der Waals surface area (Å²) < 4.78 is 36.9. The maximum atomic E-state index is 12.8. The molecule has 2 aromatic rings. The van der Waals surface area contributed by atoms with E-state index in [1.165, 1.54) is 24.3 Å². The molecule has 0 aliphatic rings. The Balaban J connectivity index is 1.94. The Bertz CT molecular complexity index is 848. The lowest BCUT2D eigenvalue weighted by Crippen LogP contribution is -2.29. The Morgan fingerprint density at radius 3 is 2.21 bits per heavy atom. The van der Waals surface area contributed by atoms with E-state index < -0.39 is 26.5 Å². The van der Waals surface area contributed by atoms with Crippen LogP contribution in [0.2, 0.25) is 0 Å². The Labute approximate surface area is 137 Å². The molecule has 9 heteroatoms. The highest BCUT2D eigenvalue weighted by Crippen LogP contribution is 2.13. The van der Waals surface area contributed by atoms with Crippen molar-refractivity contribution in [2.45, 2.75) is 4.90 Å². The molecule has 0 unspecified atom stereocenters. The van der Waals surface area contributed by atoms with Gasteiger partial charge in [-0.1, -0.05) is 0 Å². The van der Waals surface area contributed by atoms with Gasteiger partial charge in [0.25, 0.3) is 11.6 Å². The summed E-state index contributed by atoms with van der Waals surface area (Å²) in [6.45, 7) is -0.143. The SMILES string of the molecule is O=C(NCCS(=O)(=O)c1ccc(F)cc1)c1ccc([N+](=O)[O-])cc1. The summed E-state index contributed by atoms with van der Waals surface area (Å²) in [6, 6.07) is 9.33. The van der Waals surface area contributed by atoms with Gasteiger partial charge in [-0.2, -0.15) is 0 Å². The number of amides is 1. The number of non-ortho nitro benzene ring substituents is 1. The minimum atomic E-state index is -3.64. The van der Waals surface area contributed by atoms with Gasteiger partial charge in [-0.05, 0) is 36.4 Å². The van der Waals surface area contributed by atoms with Crippen molar-refractivity contribution in [3.8, 4) is 0 Å². The van der Waals surface area contributed by atoms with Crippen LogP contribution in [0.1, 0.15) is 10.4 Å². The van der Waals surface area contributed by atoms with E-state index in [2.05, 4.69) is 5.32 Å². The zero-order valence-electron chi connectivity index (χ0n) is 12.3. The number of benzene rings is 2. The van der Waals surface area contributed by atoms with Crippen molar-refractivity contribution in [3.63, 3.8) is 0 Å². The molecule has 0 aromatic heterocycles. The van der Waals surface area contributed by atoms with E-state index in [1.807, 2.05) is 0 Å². The van der Waals surface area contributed by atoms with Gasteiger partial charge in [-0.15, -0.1) is 0 Å². The van der Waals surface area contributed by atoms with Crippen molar-refractivity contribution < 1.29 is 22.5 Å². The molecule has 7 nitrogen and oxygen atoms in total. The number of nitrogens with zero attached hydrogens (tertiary/aromatic N) is 1. The fourth-order valence-corrected chi connectivity index (χ4v) is 3.05. The maximum absolute atomic E-state index is 12.8. The summed E-state index contributed by atoms with van der Waals surface area (Å²) in [5.74, 6) is -1.43. The molecule has 0 radical (unpaired) electrons. The fraction of sp³-hybridized carbons (Fsp3) is 0.133. The van der Waals surface area contributed by atoms with E-state index in [0.29, 0.717) is 0 Å². The Hall–Kier alpha value is -2.81. The number of sulfone groups is 1. The molecule has 1 amide bonds. The van der Waals surface area contributed by atoms with Crippen molar-refractivity contribution >= 4 is 21.4 Å². The molecule has 2 rings (SSSR count). The normalized spacial score (nSPS) is 11.0. The van der Waals surface area contributed by atoms with E-state index in [-0.39, 0.29) is 28.4 Å². The molecule has 1 N–H and O–H groups in total. The van der Waals surface area contributed by atoms with Crippen molar-refractivity contribution in [3.05, 3.63) is 70.0 Å². The Morgan fingerprint density at radius 2 is 1.67 bits per heavy atom. The van der Waals surface area contributed by atoms with Crippen LogP contribution in [-0.2, 0) is 9.84 Å². The van der Waals surface area contributed by atoms with Gasteiger partial charge in [-0.3, -0.25) is 14.9 Å². The molecule has 0 spiro atoms. The quantitative estimate of drug-likeness (QED) is 0.486. The number of rotatable bonds is 6. The van der Waals surface area contributed by atoms with Crippen LogP contribution < -0.4 is 5.32 Å². The van der Waals surface area contributed by atoms with Gasteiger partial charge in [0.2, 0.25) is 0 Å². The number of nitro benzene ring substituents is 1. The van der Waals surface area contributed by atoms with Gasteiger partial charge in [0.1, 0.15) is 5.82 Å². The van der Waals surface area contributed by atoms with Crippen LogP contribution in [0, 0.1) is 15.9 Å². The lowest BCUT2D eigenvalue weighted by molar-refractivity contribution is -0.384. The number of hydrogen-bond acceptors (Lipinski definition) is 5. The number of nitro groups is 1. The Morgan fingerprint density at radius 1 is 1.08 bits per heavy atom. The average molecular weight is 352 g/mol. The average Bonchev–Trinajstić information content (AvgIpc) is 2.55. The van der Waals surface area contributed by atoms with Crippen LogP contribution in [0.15, 0.2) is 53.4 Å². The summed E-state index contributed by atoms with van der Waals surface area (Å²) in [7, 11) is -3.64. The summed E-state index contributed by atoms with van der Waals surface area (Å²) >= 11 is 0. The highest BCUT2D eigenvalue weighted by Gasteiger charge is 2.15. The molecule has 2 aromatic carbocycles. The van der Waals surface area contributed by atoms with Crippen LogP contribution in [0.25, 0.3) is 0 Å². The van der Waals surface area contributed by atoms with Crippen molar-refractivity contribution in [2.24, 2.45) is 0 Å². The molecule has 0 heterocycles. The van der Waals surface area contributed by atoms with E-state index in [9.17, 15) is 27.7 Å². The van der Waals surface area contributed by atoms with Crippen LogP contribution in [0.3, 0.4) is 0 Å². The monoisotopic (exact) mass is 352 g/mol. The molecule has 0 saturated heterocycles. The number of carbonyl (C=O) groups excluding carboxylic acids is 1. The first kappa shape index (κ1) is 17.5. The zero-order valence-corrected chi connectivity index (χ0v) is 13.1. The topological polar surface area (TPSA) is 106 Å². The standard InChI is InChI=1S/C15H13FN2O5S/c16-12-3-7-14(8-4-12)24(22,23)10-9-17-15(19)11-1-5-13(6-2-11)18(20)21/h1-8H,9-10H2,(H,17,19). The second kappa shape index (κ2) is 7.18. The predicted octanol–water partition coefficient (Wildman–Crippen LogP) is 1.94. The van der Waals surface area contributed by atoms with Crippen molar-refractivity contribution in [1.82, 2.24) is 5.32 Å². The van der Waals surface area contributed by atoms with Crippen molar-refractivity contribution in [2.75, 3.05) is 12.3 Å². The molecule has 0 aliphatic heterocycles. The second-order valence-electron chi connectivity index (χ2n) is 4.83. The summed E-state index contributed by atoms with van der Waals surface area (Å²) in [4.78, 5) is 21.8. The molecule has 0 atom stereocenters. The van der Waals surface area contributed by atoms with Gasteiger partial charge in [-0.25, -0.2) is 12.8 Å². The molecule has 24 heavy (non-hydrogen) atoms. The fourth-order valence-electron chi connectivity index (χ4n) is 1.90. The first-order valence-corrected chi connectivity index (χ1v) is 8.46. The van der Waals surface area contributed by atoms with E-state index in [4.69, 9.17) is 0 Å². The number of carbonyl (C=O) groups is 1. The molecule has 0 bridgehead atoms. The van der Waals surface area contributed by atoms with Crippen LogP contribution in [-0.4, -0.2) is 31.5 Å². The van der Waals surface area contributed by atoms with Gasteiger partial charge < -0.3 is 5.32 Å². The predicted molar refractivity (Wildman–Crippen MR) is 83.9 cm³/mol. The molecule has 0 saturated carbocycles. The minimum Gasteiger partial charge on any atom is -0.351 e. The highest BCUT2D eigenvalue weighted by molar-refractivity contribution is 7.91. The molecule has 0 aliphatic carbocycles. The van der Waals surface area contributed by atoms with Crippen molar-refractivity contribution in [1.29, 1.82) is 0 Å². The lowest BCUT2D eigenvalue weighted by Gasteiger charge is -2.07. The molecular weight excluding hydrogens is 339 g/mol. The van der Waals surface area contributed by atoms with Gasteiger partial charge in [0, 0.05) is 24.2 Å². The Kier molecular flexibility index (Phi) is 5.24. The van der Waals surface area contributed by atoms with E-state index in [0.717, 1.165) is 24.3 Å².